The highest BCUT2D eigenvalue weighted by molar-refractivity contribution is 5.96. The van der Waals surface area contributed by atoms with Gasteiger partial charge in [0.1, 0.15) is 5.69 Å². The third kappa shape index (κ3) is 2.85. The smallest absolute Gasteiger partial charge is 0.163 e. The molecule has 78 valence electrons. The second-order valence-corrected chi connectivity index (χ2v) is 4.15. The molecule has 0 aliphatic carbocycles. The number of hydrazine groups is 1. The van der Waals surface area contributed by atoms with Crippen molar-refractivity contribution in [3.63, 3.8) is 0 Å². The normalized spacial score (nSPS) is 13.1. The van der Waals surface area contributed by atoms with Crippen LogP contribution in [-0.2, 0) is 7.05 Å². The molecule has 0 bridgehead atoms. The summed E-state index contributed by atoms with van der Waals surface area (Å²) in [6.45, 7) is 6.02. The maximum Gasteiger partial charge on any atom is 0.163 e. The van der Waals surface area contributed by atoms with Gasteiger partial charge in [0.05, 0.1) is 5.54 Å². The Morgan fingerprint density at radius 3 is 2.57 bits per heavy atom. The van der Waals surface area contributed by atoms with Gasteiger partial charge in [0, 0.05) is 13.2 Å². The number of rotatable bonds is 1. The van der Waals surface area contributed by atoms with Gasteiger partial charge in [-0.25, -0.2) is 5.84 Å². The molecule has 3 N–H and O–H groups in total. The minimum absolute atomic E-state index is 0.167. The number of nitrogens with zero attached hydrogens (tertiary/aromatic N) is 3. The lowest BCUT2D eigenvalue weighted by Crippen LogP contribution is -2.34. The number of nitrogens with two attached hydrogens (primary N) is 1. The third-order valence-electron chi connectivity index (χ3n) is 1.54. The van der Waals surface area contributed by atoms with E-state index in [0.717, 1.165) is 5.69 Å². The van der Waals surface area contributed by atoms with Gasteiger partial charge in [-0.3, -0.25) is 9.67 Å². The van der Waals surface area contributed by atoms with Crippen LogP contribution in [0, 0.1) is 0 Å². The van der Waals surface area contributed by atoms with Crippen LogP contribution >= 0.6 is 0 Å². The lowest BCUT2D eigenvalue weighted by Gasteiger charge is -2.14. The van der Waals surface area contributed by atoms with Gasteiger partial charge in [0.15, 0.2) is 5.84 Å². The van der Waals surface area contributed by atoms with Crippen molar-refractivity contribution in [2.24, 2.45) is 17.9 Å². The molecular formula is C9H17N5. The van der Waals surface area contributed by atoms with Crippen molar-refractivity contribution in [2.75, 3.05) is 0 Å². The van der Waals surface area contributed by atoms with E-state index in [4.69, 9.17) is 5.84 Å². The molecule has 1 aromatic heterocycles. The van der Waals surface area contributed by atoms with E-state index in [9.17, 15) is 0 Å². The minimum atomic E-state index is -0.167. The average molecular weight is 195 g/mol. The first-order chi connectivity index (χ1) is 6.42. The van der Waals surface area contributed by atoms with Crippen LogP contribution < -0.4 is 11.3 Å². The van der Waals surface area contributed by atoms with Crippen molar-refractivity contribution < 1.29 is 0 Å². The summed E-state index contributed by atoms with van der Waals surface area (Å²) in [5, 5.41) is 4.21. The zero-order valence-corrected chi connectivity index (χ0v) is 9.07. The Labute approximate surface area is 84.0 Å². The molecule has 0 radical (unpaired) electrons. The van der Waals surface area contributed by atoms with E-state index in [0.29, 0.717) is 5.84 Å². The fourth-order valence-electron chi connectivity index (χ4n) is 1.04. The first kappa shape index (κ1) is 10.7. The molecule has 0 aromatic carbocycles. The summed E-state index contributed by atoms with van der Waals surface area (Å²) in [5.41, 5.74) is 3.15. The molecule has 0 atom stereocenters. The van der Waals surface area contributed by atoms with E-state index in [-0.39, 0.29) is 5.54 Å². The summed E-state index contributed by atoms with van der Waals surface area (Å²) in [6, 6.07) is 1.87. The average Bonchev–Trinajstić information content (AvgIpc) is 2.46. The van der Waals surface area contributed by atoms with Crippen LogP contribution in [-0.4, -0.2) is 21.2 Å². The van der Waals surface area contributed by atoms with Crippen LogP contribution in [0.2, 0.25) is 0 Å². The zero-order valence-electron chi connectivity index (χ0n) is 9.07. The molecule has 1 heterocycles. The summed E-state index contributed by atoms with van der Waals surface area (Å²) in [5.74, 6) is 6.00. The van der Waals surface area contributed by atoms with Gasteiger partial charge >= 0.3 is 0 Å². The van der Waals surface area contributed by atoms with Crippen LogP contribution in [0.4, 0.5) is 0 Å². The Bertz CT molecular complexity index is 331. The van der Waals surface area contributed by atoms with Gasteiger partial charge in [-0.1, -0.05) is 0 Å². The van der Waals surface area contributed by atoms with Crippen molar-refractivity contribution in [3.05, 3.63) is 18.0 Å². The number of aryl methyl sites for hydroxylation is 1. The highest BCUT2D eigenvalue weighted by atomic mass is 15.3. The zero-order chi connectivity index (χ0) is 10.8. The van der Waals surface area contributed by atoms with Crippen molar-refractivity contribution in [1.29, 1.82) is 0 Å². The van der Waals surface area contributed by atoms with E-state index in [1.165, 1.54) is 0 Å². The molecule has 0 spiro atoms. The van der Waals surface area contributed by atoms with Crippen molar-refractivity contribution in [1.82, 2.24) is 15.2 Å². The van der Waals surface area contributed by atoms with Gasteiger partial charge in [-0.15, -0.1) is 0 Å². The van der Waals surface area contributed by atoms with E-state index >= 15 is 0 Å². The molecule has 0 saturated carbocycles. The highest BCUT2D eigenvalue weighted by Crippen LogP contribution is 2.08. The molecule has 0 aliphatic heterocycles. The molecule has 5 nitrogen and oxygen atoms in total. The van der Waals surface area contributed by atoms with Gasteiger partial charge in [-0.05, 0) is 26.8 Å². The second kappa shape index (κ2) is 3.79. The minimum Gasteiger partial charge on any atom is -0.307 e. The van der Waals surface area contributed by atoms with Crippen molar-refractivity contribution in [3.8, 4) is 0 Å². The van der Waals surface area contributed by atoms with E-state index in [1.54, 1.807) is 4.68 Å². The number of hydrogen-bond donors (Lipinski definition) is 2. The third-order valence-corrected chi connectivity index (χ3v) is 1.54. The molecule has 1 rings (SSSR count). The Morgan fingerprint density at radius 2 is 2.21 bits per heavy atom. The first-order valence-corrected chi connectivity index (χ1v) is 4.49. The molecule has 0 amide bonds. The summed E-state index contributed by atoms with van der Waals surface area (Å²) >= 11 is 0. The van der Waals surface area contributed by atoms with Gasteiger partial charge in [-0.2, -0.15) is 5.10 Å². The Morgan fingerprint density at radius 1 is 1.57 bits per heavy atom. The fraction of sp³-hybridized carbons (Fsp3) is 0.556. The second-order valence-electron chi connectivity index (χ2n) is 4.15. The SMILES string of the molecule is Cn1ccc(C(=NC(C)(C)C)NN)n1. The molecule has 1 aromatic rings. The molecule has 14 heavy (non-hydrogen) atoms. The Balaban J connectivity index is 2.99. The van der Waals surface area contributed by atoms with Gasteiger partial charge in [0.2, 0.25) is 0 Å². The molecule has 0 aliphatic rings. The van der Waals surface area contributed by atoms with Crippen LogP contribution in [0.15, 0.2) is 17.3 Å². The van der Waals surface area contributed by atoms with E-state index in [2.05, 4.69) is 15.5 Å². The van der Waals surface area contributed by atoms with E-state index in [1.807, 2.05) is 40.1 Å². The Kier molecular flexibility index (Phi) is 2.90. The van der Waals surface area contributed by atoms with E-state index < -0.39 is 0 Å². The van der Waals surface area contributed by atoms with Crippen LogP contribution in [0.1, 0.15) is 26.5 Å². The quantitative estimate of drug-likeness (QED) is 0.295. The first-order valence-electron chi connectivity index (χ1n) is 4.49. The molecule has 0 unspecified atom stereocenters. The maximum atomic E-state index is 5.39. The summed E-state index contributed by atoms with van der Waals surface area (Å²) in [6.07, 6.45) is 1.85. The number of aliphatic imine (C=N–C) groups is 1. The van der Waals surface area contributed by atoms with Gasteiger partial charge < -0.3 is 5.43 Å². The monoisotopic (exact) mass is 195 g/mol. The maximum absolute atomic E-state index is 5.39. The molecule has 0 fully saturated rings. The summed E-state index contributed by atoms with van der Waals surface area (Å²) < 4.78 is 1.71. The molecule has 5 heteroatoms. The number of amidine groups is 1. The lowest BCUT2D eigenvalue weighted by atomic mass is 10.1. The van der Waals surface area contributed by atoms with Crippen molar-refractivity contribution in [2.45, 2.75) is 26.3 Å². The molecular weight excluding hydrogens is 178 g/mol. The fourth-order valence-corrected chi connectivity index (χ4v) is 1.04. The van der Waals surface area contributed by atoms with Gasteiger partial charge in [0.25, 0.3) is 0 Å². The number of aromatic nitrogens is 2. The topological polar surface area (TPSA) is 68.2 Å². The van der Waals surface area contributed by atoms with Crippen LogP contribution in [0.3, 0.4) is 0 Å². The van der Waals surface area contributed by atoms with Crippen LogP contribution in [0.25, 0.3) is 0 Å². The summed E-state index contributed by atoms with van der Waals surface area (Å²) in [7, 11) is 1.86. The van der Waals surface area contributed by atoms with Crippen molar-refractivity contribution >= 4 is 5.84 Å². The Hall–Kier alpha value is -1.36. The number of hydrogen-bond acceptors (Lipinski definition) is 3. The largest absolute Gasteiger partial charge is 0.307 e. The highest BCUT2D eigenvalue weighted by Gasteiger charge is 2.12. The van der Waals surface area contributed by atoms with Crippen LogP contribution in [0.5, 0.6) is 0 Å². The predicted octanol–water partition coefficient (Wildman–Crippen LogP) is 0.429. The summed E-state index contributed by atoms with van der Waals surface area (Å²) in [4.78, 5) is 4.42. The number of nitrogens with one attached hydrogen (secondary N) is 1. The molecule has 0 saturated heterocycles. The lowest BCUT2D eigenvalue weighted by molar-refractivity contribution is 0.579. The predicted molar refractivity (Wildman–Crippen MR) is 56.8 cm³/mol. The standard InChI is InChI=1S/C9H17N5/c1-9(2,3)11-8(12-10)7-5-6-14(4)13-7/h5-6H,10H2,1-4H3,(H,11,12).